The van der Waals surface area contributed by atoms with Gasteiger partial charge < -0.3 is 20.7 Å². The number of ether oxygens (including phenoxy) is 1. The van der Waals surface area contributed by atoms with Gasteiger partial charge in [-0.25, -0.2) is 9.97 Å². The molecule has 3 N–H and O–H groups in total. The summed E-state index contributed by atoms with van der Waals surface area (Å²) in [7, 11) is 1.60. The number of hydrogen-bond acceptors (Lipinski definition) is 6. The van der Waals surface area contributed by atoms with Gasteiger partial charge in [0.1, 0.15) is 28.5 Å². The van der Waals surface area contributed by atoms with Crippen LogP contribution < -0.4 is 16.0 Å². The molecule has 1 fully saturated rings. The molecule has 0 aliphatic carbocycles. The molecule has 1 aromatic heterocycles. The van der Waals surface area contributed by atoms with Crippen LogP contribution >= 0.6 is 15.9 Å². The van der Waals surface area contributed by atoms with Gasteiger partial charge in [0.05, 0.1) is 13.2 Å². The molecule has 7 nitrogen and oxygen atoms in total. The van der Waals surface area contributed by atoms with Gasteiger partial charge in [0.2, 0.25) is 5.91 Å². The van der Waals surface area contributed by atoms with E-state index >= 15 is 0 Å². The van der Waals surface area contributed by atoms with E-state index in [0.29, 0.717) is 35.9 Å². The second kappa shape index (κ2) is 5.49. The Morgan fingerprint density at radius 3 is 3.17 bits per heavy atom. The Hall–Kier alpha value is -1.41. The Morgan fingerprint density at radius 1 is 1.67 bits per heavy atom. The zero-order valence-corrected chi connectivity index (χ0v) is 11.5. The van der Waals surface area contributed by atoms with Crippen LogP contribution in [0, 0.1) is 0 Å². The second-order valence-electron chi connectivity index (χ2n) is 3.79. The molecule has 98 valence electrons. The monoisotopic (exact) mass is 315 g/mol. The van der Waals surface area contributed by atoms with Crippen LogP contribution in [-0.4, -0.2) is 48.7 Å². The van der Waals surface area contributed by atoms with Crippen molar-refractivity contribution < 1.29 is 9.53 Å². The number of nitrogens with one attached hydrogen (secondary N) is 1. The van der Waals surface area contributed by atoms with Crippen molar-refractivity contribution in [3.05, 3.63) is 10.8 Å². The summed E-state index contributed by atoms with van der Waals surface area (Å²) < 4.78 is 5.93. The highest BCUT2D eigenvalue weighted by molar-refractivity contribution is 9.10. The number of morpholine rings is 1. The lowest BCUT2D eigenvalue weighted by Gasteiger charge is -2.35. The number of carbonyl (C=O) groups is 1. The Morgan fingerprint density at radius 2 is 2.44 bits per heavy atom. The highest BCUT2D eigenvalue weighted by atomic mass is 79.9. The first-order valence-electron chi connectivity index (χ1n) is 5.47. The quantitative estimate of drug-likeness (QED) is 0.783. The molecule has 0 saturated carbocycles. The lowest BCUT2D eigenvalue weighted by molar-refractivity contribution is -0.124. The van der Waals surface area contributed by atoms with Crippen LogP contribution in [0.3, 0.4) is 0 Å². The molecule has 2 rings (SSSR count). The number of anilines is 2. The molecule has 8 heteroatoms. The van der Waals surface area contributed by atoms with Crippen molar-refractivity contribution in [1.82, 2.24) is 15.3 Å². The summed E-state index contributed by atoms with van der Waals surface area (Å²) in [5.74, 6) is 0.848. The van der Waals surface area contributed by atoms with Crippen molar-refractivity contribution in [3.8, 4) is 0 Å². The summed E-state index contributed by atoms with van der Waals surface area (Å²) in [6.45, 7) is 1.45. The van der Waals surface area contributed by atoms with Crippen LogP contribution in [0.4, 0.5) is 11.6 Å². The van der Waals surface area contributed by atoms with E-state index in [1.165, 1.54) is 6.33 Å². The summed E-state index contributed by atoms with van der Waals surface area (Å²) in [6.07, 6.45) is 1.38. The van der Waals surface area contributed by atoms with Crippen molar-refractivity contribution in [2.45, 2.75) is 6.04 Å². The first kappa shape index (κ1) is 13.0. The fraction of sp³-hybridized carbons (Fsp3) is 0.500. The van der Waals surface area contributed by atoms with Crippen molar-refractivity contribution in [3.63, 3.8) is 0 Å². The van der Waals surface area contributed by atoms with Crippen molar-refractivity contribution in [2.75, 3.05) is 37.4 Å². The zero-order valence-electron chi connectivity index (χ0n) is 9.89. The third kappa shape index (κ3) is 2.39. The minimum atomic E-state index is -0.408. The van der Waals surface area contributed by atoms with E-state index in [2.05, 4.69) is 31.2 Å². The molecular weight excluding hydrogens is 302 g/mol. The maximum Gasteiger partial charge on any atom is 0.244 e. The third-order valence-corrected chi connectivity index (χ3v) is 3.51. The number of halogens is 1. The molecule has 2 heterocycles. The lowest BCUT2D eigenvalue weighted by Crippen LogP contribution is -2.53. The number of nitrogens with two attached hydrogens (primary N) is 1. The molecule has 0 radical (unpaired) electrons. The molecule has 1 unspecified atom stereocenters. The lowest BCUT2D eigenvalue weighted by atomic mass is 10.2. The van der Waals surface area contributed by atoms with Crippen LogP contribution in [0.2, 0.25) is 0 Å². The molecule has 0 spiro atoms. The molecule has 1 aliphatic rings. The van der Waals surface area contributed by atoms with Crippen molar-refractivity contribution in [2.24, 2.45) is 0 Å². The number of nitrogen functional groups attached to an aromatic ring is 1. The number of aromatic nitrogens is 2. The molecule has 1 amide bonds. The number of amides is 1. The predicted octanol–water partition coefficient (Wildman–Crippen LogP) is -0.228. The SMILES string of the molecule is CNC(=O)C1COCCN1c1ncnc(N)c1Br. The number of carbonyl (C=O) groups excluding carboxylic acids is 1. The van der Waals surface area contributed by atoms with E-state index in [-0.39, 0.29) is 5.91 Å². The zero-order chi connectivity index (χ0) is 13.1. The Bertz CT molecular complexity index is 456. The highest BCUT2D eigenvalue weighted by Crippen LogP contribution is 2.29. The van der Waals surface area contributed by atoms with Crippen molar-refractivity contribution >= 4 is 33.5 Å². The summed E-state index contributed by atoms with van der Waals surface area (Å²) in [5.41, 5.74) is 5.72. The van der Waals surface area contributed by atoms with Crippen molar-refractivity contribution in [1.29, 1.82) is 0 Å². The van der Waals surface area contributed by atoms with E-state index < -0.39 is 6.04 Å². The van der Waals surface area contributed by atoms with Gasteiger partial charge in [-0.3, -0.25) is 4.79 Å². The standard InChI is InChI=1S/C10H14BrN5O2/c1-13-10(17)6-4-18-3-2-16(6)9-7(11)8(12)14-5-15-9/h5-6H,2-4H2,1H3,(H,13,17)(H2,12,14,15). The van der Waals surface area contributed by atoms with Gasteiger partial charge in [-0.1, -0.05) is 0 Å². The minimum Gasteiger partial charge on any atom is -0.383 e. The predicted molar refractivity (Wildman–Crippen MR) is 70.2 cm³/mol. The highest BCUT2D eigenvalue weighted by Gasteiger charge is 2.31. The van der Waals surface area contributed by atoms with Gasteiger partial charge in [0, 0.05) is 13.6 Å². The van der Waals surface area contributed by atoms with Crippen LogP contribution in [0.5, 0.6) is 0 Å². The fourth-order valence-corrected chi connectivity index (χ4v) is 2.25. The van der Waals surface area contributed by atoms with Gasteiger partial charge in [0.15, 0.2) is 0 Å². The summed E-state index contributed by atoms with van der Waals surface area (Å²) in [6, 6.07) is -0.408. The fourth-order valence-electron chi connectivity index (χ4n) is 1.81. The van der Waals surface area contributed by atoms with Gasteiger partial charge >= 0.3 is 0 Å². The maximum atomic E-state index is 11.8. The maximum absolute atomic E-state index is 11.8. The Kier molecular flexibility index (Phi) is 3.97. The van der Waals surface area contributed by atoms with Crippen LogP contribution in [-0.2, 0) is 9.53 Å². The topological polar surface area (TPSA) is 93.4 Å². The summed E-state index contributed by atoms with van der Waals surface area (Å²) >= 11 is 3.35. The second-order valence-corrected chi connectivity index (χ2v) is 4.59. The molecule has 1 aliphatic heterocycles. The minimum absolute atomic E-state index is 0.112. The van der Waals surface area contributed by atoms with E-state index in [1.807, 2.05) is 4.90 Å². The first-order chi connectivity index (χ1) is 8.65. The van der Waals surface area contributed by atoms with E-state index in [9.17, 15) is 4.79 Å². The number of likely N-dealkylation sites (N-methyl/N-ethyl adjacent to an activating group) is 1. The molecule has 18 heavy (non-hydrogen) atoms. The molecule has 0 aromatic carbocycles. The molecule has 1 atom stereocenters. The molecule has 0 bridgehead atoms. The van der Waals surface area contributed by atoms with E-state index in [1.54, 1.807) is 7.05 Å². The Labute approximate surface area is 113 Å². The average molecular weight is 316 g/mol. The van der Waals surface area contributed by atoms with Gasteiger partial charge in [-0.05, 0) is 15.9 Å². The van der Waals surface area contributed by atoms with Gasteiger partial charge in [-0.15, -0.1) is 0 Å². The first-order valence-corrected chi connectivity index (χ1v) is 6.26. The largest absolute Gasteiger partial charge is 0.383 e. The number of nitrogens with zero attached hydrogens (tertiary/aromatic N) is 3. The van der Waals surface area contributed by atoms with Crippen LogP contribution in [0.1, 0.15) is 0 Å². The normalized spacial score (nSPS) is 19.7. The molecular formula is C10H14BrN5O2. The van der Waals surface area contributed by atoms with Crippen LogP contribution in [0.15, 0.2) is 10.8 Å². The van der Waals surface area contributed by atoms with E-state index in [0.717, 1.165) is 0 Å². The molecule has 1 aromatic rings. The third-order valence-electron chi connectivity index (χ3n) is 2.75. The number of hydrogen-bond donors (Lipinski definition) is 2. The van der Waals surface area contributed by atoms with Gasteiger partial charge in [-0.2, -0.15) is 0 Å². The smallest absolute Gasteiger partial charge is 0.244 e. The Balaban J connectivity index is 2.34. The number of rotatable bonds is 2. The summed E-state index contributed by atoms with van der Waals surface area (Å²) in [5, 5.41) is 2.62. The van der Waals surface area contributed by atoms with Gasteiger partial charge in [0.25, 0.3) is 0 Å². The molecule has 1 saturated heterocycles. The van der Waals surface area contributed by atoms with Crippen LogP contribution in [0.25, 0.3) is 0 Å². The summed E-state index contributed by atoms with van der Waals surface area (Å²) in [4.78, 5) is 21.8. The van der Waals surface area contributed by atoms with E-state index in [4.69, 9.17) is 10.5 Å². The average Bonchev–Trinajstić information content (AvgIpc) is 2.41.